The van der Waals surface area contributed by atoms with Gasteiger partial charge in [-0.3, -0.25) is 10.00 Å². The van der Waals surface area contributed by atoms with Crippen LogP contribution in [-0.2, 0) is 13.0 Å². The summed E-state index contributed by atoms with van der Waals surface area (Å²) in [4.78, 5) is 2.44. The van der Waals surface area contributed by atoms with Crippen LogP contribution in [0.3, 0.4) is 0 Å². The number of aromatic amines is 1. The topological polar surface area (TPSA) is 50.4 Å². The number of likely N-dealkylation sites (N-methyl/N-ethyl adjacent to an activating group) is 1. The van der Waals surface area contributed by atoms with Crippen LogP contribution in [0.4, 0.5) is 0 Å². The molecule has 2 aromatic rings. The molecule has 1 N–H and O–H groups in total. The number of nitrogens with zero attached hydrogens (tertiary/aromatic N) is 2. The highest BCUT2D eigenvalue weighted by Crippen LogP contribution is 2.35. The fraction of sp³-hybridized carbons (Fsp3) is 0.471. The average molecular weight is 301 g/mol. The van der Waals surface area contributed by atoms with E-state index in [0.29, 0.717) is 6.61 Å². The number of ether oxygens (including phenoxy) is 2. The minimum Gasteiger partial charge on any atom is -0.493 e. The molecule has 22 heavy (non-hydrogen) atoms. The molecule has 0 saturated carbocycles. The number of methoxy groups -OCH3 is 1. The second-order valence-corrected chi connectivity index (χ2v) is 5.45. The van der Waals surface area contributed by atoms with Crippen LogP contribution in [0.25, 0.3) is 11.3 Å². The predicted molar refractivity (Wildman–Crippen MR) is 86.4 cm³/mol. The summed E-state index contributed by atoms with van der Waals surface area (Å²) < 4.78 is 11.0. The van der Waals surface area contributed by atoms with Gasteiger partial charge in [-0.05, 0) is 31.7 Å². The van der Waals surface area contributed by atoms with E-state index in [-0.39, 0.29) is 0 Å². The van der Waals surface area contributed by atoms with Crippen LogP contribution in [0.1, 0.15) is 25.1 Å². The molecule has 3 rings (SSSR count). The first-order chi connectivity index (χ1) is 10.8. The van der Waals surface area contributed by atoms with Gasteiger partial charge in [0.1, 0.15) is 0 Å². The van der Waals surface area contributed by atoms with Gasteiger partial charge >= 0.3 is 0 Å². The van der Waals surface area contributed by atoms with Gasteiger partial charge in [0.25, 0.3) is 0 Å². The predicted octanol–water partition coefficient (Wildman–Crippen LogP) is 2.86. The van der Waals surface area contributed by atoms with E-state index in [9.17, 15) is 0 Å². The van der Waals surface area contributed by atoms with Crippen LogP contribution >= 0.6 is 0 Å². The summed E-state index contributed by atoms with van der Waals surface area (Å²) in [6.45, 7) is 7.90. The van der Waals surface area contributed by atoms with Gasteiger partial charge in [-0.1, -0.05) is 6.92 Å². The summed E-state index contributed by atoms with van der Waals surface area (Å²) in [5.74, 6) is 1.52. The largest absolute Gasteiger partial charge is 0.493 e. The summed E-state index contributed by atoms with van der Waals surface area (Å²) in [5.41, 5.74) is 4.66. The van der Waals surface area contributed by atoms with E-state index in [1.54, 1.807) is 7.11 Å². The number of rotatable bonds is 5. The monoisotopic (exact) mass is 301 g/mol. The van der Waals surface area contributed by atoms with Gasteiger partial charge in [0.15, 0.2) is 11.5 Å². The smallest absolute Gasteiger partial charge is 0.161 e. The summed E-state index contributed by atoms with van der Waals surface area (Å²) in [6.07, 6.45) is 1.03. The third-order valence-corrected chi connectivity index (χ3v) is 4.20. The third kappa shape index (κ3) is 2.68. The molecule has 0 atom stereocenters. The van der Waals surface area contributed by atoms with Crippen molar-refractivity contribution < 1.29 is 9.47 Å². The molecule has 0 bridgehead atoms. The molecule has 2 heterocycles. The van der Waals surface area contributed by atoms with E-state index < -0.39 is 0 Å². The first kappa shape index (κ1) is 14.9. The number of fused-ring (bicyclic) bond motifs is 1. The van der Waals surface area contributed by atoms with E-state index in [1.807, 2.05) is 25.1 Å². The standard InChI is InChI=1S/C17H23N3O2/c1-4-20-9-8-14-13(11-20)17(19-18-14)12-6-7-15(21-3)16(10-12)22-5-2/h6-7,10H,4-5,8-9,11H2,1-3H3,(H,18,19). The zero-order valence-corrected chi connectivity index (χ0v) is 13.5. The number of nitrogens with one attached hydrogen (secondary N) is 1. The van der Waals surface area contributed by atoms with Gasteiger partial charge in [-0.2, -0.15) is 5.10 Å². The molecule has 5 nitrogen and oxygen atoms in total. The molecular formula is C17H23N3O2. The lowest BCUT2D eigenvalue weighted by molar-refractivity contribution is 0.267. The van der Waals surface area contributed by atoms with Gasteiger partial charge in [-0.15, -0.1) is 0 Å². The van der Waals surface area contributed by atoms with Gasteiger partial charge < -0.3 is 9.47 Å². The van der Waals surface area contributed by atoms with Crippen molar-refractivity contribution in [3.8, 4) is 22.8 Å². The van der Waals surface area contributed by atoms with Crippen molar-refractivity contribution in [3.63, 3.8) is 0 Å². The molecule has 1 aromatic carbocycles. The lowest BCUT2D eigenvalue weighted by atomic mass is 10.0. The fourth-order valence-electron chi connectivity index (χ4n) is 2.95. The van der Waals surface area contributed by atoms with Crippen molar-refractivity contribution in [2.24, 2.45) is 0 Å². The lowest BCUT2D eigenvalue weighted by Crippen LogP contribution is -2.30. The van der Waals surface area contributed by atoms with Gasteiger partial charge in [0, 0.05) is 36.3 Å². The fourth-order valence-corrected chi connectivity index (χ4v) is 2.95. The van der Waals surface area contributed by atoms with Crippen molar-refractivity contribution >= 4 is 0 Å². The highest BCUT2D eigenvalue weighted by molar-refractivity contribution is 5.68. The summed E-state index contributed by atoms with van der Waals surface area (Å²) in [6, 6.07) is 6.01. The second-order valence-electron chi connectivity index (χ2n) is 5.45. The van der Waals surface area contributed by atoms with Gasteiger partial charge in [-0.25, -0.2) is 0 Å². The maximum absolute atomic E-state index is 5.68. The van der Waals surface area contributed by atoms with Crippen molar-refractivity contribution in [1.29, 1.82) is 0 Å². The van der Waals surface area contributed by atoms with E-state index in [4.69, 9.17) is 9.47 Å². The molecule has 118 valence electrons. The summed E-state index contributed by atoms with van der Waals surface area (Å²) >= 11 is 0. The van der Waals surface area contributed by atoms with Crippen LogP contribution in [0.15, 0.2) is 18.2 Å². The Morgan fingerprint density at radius 2 is 2.14 bits per heavy atom. The molecule has 0 unspecified atom stereocenters. The maximum atomic E-state index is 5.68. The number of hydrogen-bond donors (Lipinski definition) is 1. The number of benzene rings is 1. The van der Waals surface area contributed by atoms with Gasteiger partial charge in [0.2, 0.25) is 0 Å². The van der Waals surface area contributed by atoms with Crippen molar-refractivity contribution in [1.82, 2.24) is 15.1 Å². The first-order valence-corrected chi connectivity index (χ1v) is 7.86. The van der Waals surface area contributed by atoms with Crippen molar-refractivity contribution in [2.45, 2.75) is 26.8 Å². The molecule has 1 aliphatic rings. The normalized spacial score (nSPS) is 14.7. The van der Waals surface area contributed by atoms with E-state index >= 15 is 0 Å². The Balaban J connectivity index is 1.98. The molecule has 0 fully saturated rings. The molecule has 0 radical (unpaired) electrons. The van der Waals surface area contributed by atoms with Crippen LogP contribution in [-0.4, -0.2) is 41.9 Å². The lowest BCUT2D eigenvalue weighted by Gasteiger charge is -2.25. The highest BCUT2D eigenvalue weighted by atomic mass is 16.5. The highest BCUT2D eigenvalue weighted by Gasteiger charge is 2.22. The van der Waals surface area contributed by atoms with E-state index in [2.05, 4.69) is 22.0 Å². The zero-order valence-electron chi connectivity index (χ0n) is 13.5. The zero-order chi connectivity index (χ0) is 15.5. The quantitative estimate of drug-likeness (QED) is 0.922. The van der Waals surface area contributed by atoms with Crippen LogP contribution in [0.5, 0.6) is 11.5 Å². The minimum absolute atomic E-state index is 0.613. The summed E-state index contributed by atoms with van der Waals surface area (Å²) in [5, 5.41) is 7.75. The van der Waals surface area contributed by atoms with E-state index in [1.165, 1.54) is 11.3 Å². The Kier molecular flexibility index (Phi) is 4.34. The Morgan fingerprint density at radius 1 is 1.27 bits per heavy atom. The minimum atomic E-state index is 0.613. The van der Waals surface area contributed by atoms with Crippen LogP contribution in [0.2, 0.25) is 0 Å². The molecule has 0 aliphatic carbocycles. The first-order valence-electron chi connectivity index (χ1n) is 7.86. The molecule has 0 saturated heterocycles. The summed E-state index contributed by atoms with van der Waals surface area (Å²) in [7, 11) is 1.66. The number of H-pyrrole nitrogens is 1. The third-order valence-electron chi connectivity index (χ3n) is 4.20. The number of aromatic nitrogens is 2. The molecular weight excluding hydrogens is 278 g/mol. The molecule has 0 amide bonds. The Morgan fingerprint density at radius 3 is 2.86 bits per heavy atom. The second kappa shape index (κ2) is 6.40. The molecule has 1 aromatic heterocycles. The maximum Gasteiger partial charge on any atom is 0.161 e. The Labute approximate surface area is 131 Å². The Bertz CT molecular complexity index is 651. The van der Waals surface area contributed by atoms with Gasteiger partial charge in [0.05, 0.1) is 19.4 Å². The molecule has 0 spiro atoms. The average Bonchev–Trinajstić information content (AvgIpc) is 2.98. The Hall–Kier alpha value is -2.01. The molecule has 1 aliphatic heterocycles. The van der Waals surface area contributed by atoms with Crippen LogP contribution in [0, 0.1) is 0 Å². The molecule has 5 heteroatoms. The number of hydrogen-bond acceptors (Lipinski definition) is 4. The van der Waals surface area contributed by atoms with Crippen molar-refractivity contribution in [2.75, 3.05) is 26.8 Å². The van der Waals surface area contributed by atoms with Crippen LogP contribution < -0.4 is 9.47 Å². The SMILES string of the molecule is CCOc1cc(-c2n[nH]c3c2CN(CC)CC3)ccc1OC. The van der Waals surface area contributed by atoms with Crippen molar-refractivity contribution in [3.05, 3.63) is 29.5 Å². The van der Waals surface area contributed by atoms with E-state index in [0.717, 1.165) is 48.8 Å².